The summed E-state index contributed by atoms with van der Waals surface area (Å²) in [5, 5.41) is 11.0. The molecular formula is C12H15ClN2O5S. The van der Waals surface area contributed by atoms with Gasteiger partial charge in [0.25, 0.3) is 5.69 Å². The van der Waals surface area contributed by atoms with Crippen LogP contribution in [0.5, 0.6) is 0 Å². The Morgan fingerprint density at radius 3 is 2.81 bits per heavy atom. The quantitative estimate of drug-likeness (QED) is 0.656. The van der Waals surface area contributed by atoms with E-state index in [1.165, 1.54) is 13.0 Å². The average molecular weight is 335 g/mol. The maximum Gasteiger partial charge on any atom is 0.275 e. The van der Waals surface area contributed by atoms with Gasteiger partial charge < -0.3 is 4.74 Å². The first-order valence-corrected chi connectivity index (χ1v) is 8.23. The second-order valence-corrected chi connectivity index (χ2v) is 6.97. The first-order chi connectivity index (χ1) is 9.81. The van der Waals surface area contributed by atoms with Gasteiger partial charge in [0, 0.05) is 24.8 Å². The molecule has 116 valence electrons. The molecular weight excluding hydrogens is 320 g/mol. The highest BCUT2D eigenvalue weighted by Crippen LogP contribution is 2.29. The maximum absolute atomic E-state index is 12.2. The lowest BCUT2D eigenvalue weighted by atomic mass is 10.2. The summed E-state index contributed by atoms with van der Waals surface area (Å²) in [4.78, 5) is 10.1. The molecule has 0 unspecified atom stereocenters. The molecule has 1 heterocycles. The van der Waals surface area contributed by atoms with Gasteiger partial charge in [-0.1, -0.05) is 11.6 Å². The van der Waals surface area contributed by atoms with Gasteiger partial charge in [-0.3, -0.25) is 10.1 Å². The number of hydrogen-bond acceptors (Lipinski definition) is 5. The number of sulfonamides is 1. The molecule has 1 aliphatic rings. The standard InChI is InChI=1S/C12H15ClN2O5S/c1-8-11(13)5-10(6-12(8)15(16)17)21(18,19)14-7-9-3-2-4-20-9/h5-6,9,14H,2-4,7H2,1H3/t9-/m1/s1. The van der Waals surface area contributed by atoms with Gasteiger partial charge in [0.1, 0.15) is 0 Å². The van der Waals surface area contributed by atoms with Crippen LogP contribution in [0.2, 0.25) is 5.02 Å². The van der Waals surface area contributed by atoms with E-state index in [0.29, 0.717) is 6.61 Å². The number of nitrogens with one attached hydrogen (secondary N) is 1. The van der Waals surface area contributed by atoms with Gasteiger partial charge in [-0.25, -0.2) is 13.1 Å². The molecule has 1 atom stereocenters. The number of hydrogen-bond donors (Lipinski definition) is 1. The molecule has 0 spiro atoms. The van der Waals surface area contributed by atoms with Gasteiger partial charge in [-0.05, 0) is 25.8 Å². The first kappa shape index (κ1) is 16.2. The van der Waals surface area contributed by atoms with Crippen LogP contribution in [0.4, 0.5) is 5.69 Å². The van der Waals surface area contributed by atoms with Gasteiger partial charge in [0.05, 0.1) is 20.9 Å². The zero-order chi connectivity index (χ0) is 15.6. The van der Waals surface area contributed by atoms with E-state index in [0.717, 1.165) is 18.9 Å². The molecule has 1 aliphatic heterocycles. The van der Waals surface area contributed by atoms with Crippen LogP contribution in [0.25, 0.3) is 0 Å². The summed E-state index contributed by atoms with van der Waals surface area (Å²) in [7, 11) is -3.86. The van der Waals surface area contributed by atoms with Crippen molar-refractivity contribution in [3.63, 3.8) is 0 Å². The van der Waals surface area contributed by atoms with Crippen molar-refractivity contribution >= 4 is 27.3 Å². The zero-order valence-corrected chi connectivity index (χ0v) is 12.9. The molecule has 1 aromatic rings. The fraction of sp³-hybridized carbons (Fsp3) is 0.500. The lowest BCUT2D eigenvalue weighted by Gasteiger charge is -2.12. The van der Waals surface area contributed by atoms with E-state index in [-0.39, 0.29) is 33.8 Å². The summed E-state index contributed by atoms with van der Waals surface area (Å²) in [6.07, 6.45) is 1.53. The molecule has 0 aliphatic carbocycles. The molecule has 1 fully saturated rings. The number of ether oxygens (including phenoxy) is 1. The maximum atomic E-state index is 12.2. The largest absolute Gasteiger partial charge is 0.377 e. The molecule has 0 radical (unpaired) electrons. The molecule has 1 saturated heterocycles. The summed E-state index contributed by atoms with van der Waals surface area (Å²) < 4.78 is 32.1. The predicted octanol–water partition coefficient (Wildman–Crippen LogP) is 2.01. The number of nitro benzene ring substituents is 1. The van der Waals surface area contributed by atoms with Crippen molar-refractivity contribution in [1.82, 2.24) is 4.72 Å². The summed E-state index contributed by atoms with van der Waals surface area (Å²) in [6.45, 7) is 2.23. The number of nitrogens with zero attached hydrogens (tertiary/aromatic N) is 1. The fourth-order valence-electron chi connectivity index (χ4n) is 2.08. The van der Waals surface area contributed by atoms with E-state index in [4.69, 9.17) is 16.3 Å². The van der Waals surface area contributed by atoms with Crippen LogP contribution in [0, 0.1) is 17.0 Å². The van der Waals surface area contributed by atoms with E-state index < -0.39 is 14.9 Å². The van der Waals surface area contributed by atoms with E-state index in [2.05, 4.69) is 4.72 Å². The summed E-state index contributed by atoms with van der Waals surface area (Å²) in [5.41, 5.74) is -0.0836. The van der Waals surface area contributed by atoms with Crippen molar-refractivity contribution in [1.29, 1.82) is 0 Å². The molecule has 0 saturated carbocycles. The predicted molar refractivity (Wildman–Crippen MR) is 77.0 cm³/mol. The van der Waals surface area contributed by atoms with Crippen molar-refractivity contribution < 1.29 is 18.1 Å². The Morgan fingerprint density at radius 2 is 2.24 bits per heavy atom. The van der Waals surface area contributed by atoms with E-state index >= 15 is 0 Å². The molecule has 0 aromatic heterocycles. The molecule has 7 nitrogen and oxygen atoms in total. The SMILES string of the molecule is Cc1c(Cl)cc(S(=O)(=O)NC[C@H]2CCCO2)cc1[N+](=O)[O-]. The van der Waals surface area contributed by atoms with Crippen molar-refractivity contribution in [3.05, 3.63) is 32.8 Å². The Hall–Kier alpha value is -1.22. The van der Waals surface area contributed by atoms with Crippen LogP contribution in [-0.4, -0.2) is 32.6 Å². The minimum atomic E-state index is -3.86. The van der Waals surface area contributed by atoms with Crippen LogP contribution < -0.4 is 4.72 Å². The molecule has 0 amide bonds. The highest BCUT2D eigenvalue weighted by atomic mass is 35.5. The van der Waals surface area contributed by atoms with E-state index in [9.17, 15) is 18.5 Å². The lowest BCUT2D eigenvalue weighted by molar-refractivity contribution is -0.385. The number of rotatable bonds is 5. The first-order valence-electron chi connectivity index (χ1n) is 6.37. The van der Waals surface area contributed by atoms with Crippen molar-refractivity contribution in [2.24, 2.45) is 0 Å². The number of halogens is 1. The molecule has 2 rings (SSSR count). The third kappa shape index (κ3) is 3.70. The minimum Gasteiger partial charge on any atom is -0.377 e. The summed E-state index contributed by atoms with van der Waals surface area (Å²) in [5.74, 6) is 0. The van der Waals surface area contributed by atoms with Crippen LogP contribution in [-0.2, 0) is 14.8 Å². The molecule has 21 heavy (non-hydrogen) atoms. The van der Waals surface area contributed by atoms with Crippen molar-refractivity contribution in [2.75, 3.05) is 13.2 Å². The zero-order valence-electron chi connectivity index (χ0n) is 11.3. The summed E-state index contributed by atoms with van der Waals surface area (Å²) in [6, 6.07) is 2.22. The van der Waals surface area contributed by atoms with E-state index in [1.807, 2.05) is 0 Å². The normalized spacial score (nSPS) is 18.9. The van der Waals surface area contributed by atoms with Gasteiger partial charge in [0.15, 0.2) is 0 Å². The molecule has 9 heteroatoms. The average Bonchev–Trinajstić information content (AvgIpc) is 2.92. The number of benzene rings is 1. The van der Waals surface area contributed by atoms with Crippen LogP contribution in [0.15, 0.2) is 17.0 Å². The Labute approximate surface area is 127 Å². The highest BCUT2D eigenvalue weighted by Gasteiger charge is 2.24. The van der Waals surface area contributed by atoms with Crippen LogP contribution in [0.3, 0.4) is 0 Å². The van der Waals surface area contributed by atoms with Gasteiger partial charge in [-0.2, -0.15) is 0 Å². The van der Waals surface area contributed by atoms with E-state index in [1.54, 1.807) is 0 Å². The minimum absolute atomic E-state index is 0.0432. The highest BCUT2D eigenvalue weighted by molar-refractivity contribution is 7.89. The van der Waals surface area contributed by atoms with Crippen LogP contribution >= 0.6 is 11.6 Å². The molecule has 1 N–H and O–H groups in total. The Balaban J connectivity index is 2.24. The topological polar surface area (TPSA) is 98.5 Å². The Bertz CT molecular complexity index is 656. The molecule has 1 aromatic carbocycles. The van der Waals surface area contributed by atoms with Crippen molar-refractivity contribution in [2.45, 2.75) is 30.8 Å². The number of nitro groups is 1. The fourth-order valence-corrected chi connectivity index (χ4v) is 3.47. The molecule has 0 bridgehead atoms. The lowest BCUT2D eigenvalue weighted by Crippen LogP contribution is -2.31. The second kappa shape index (κ2) is 6.27. The van der Waals surface area contributed by atoms with Crippen LogP contribution in [0.1, 0.15) is 18.4 Å². The smallest absolute Gasteiger partial charge is 0.275 e. The monoisotopic (exact) mass is 334 g/mol. The van der Waals surface area contributed by atoms with Gasteiger partial charge in [0.2, 0.25) is 10.0 Å². The second-order valence-electron chi connectivity index (χ2n) is 4.79. The third-order valence-electron chi connectivity index (χ3n) is 3.32. The summed E-state index contributed by atoms with van der Waals surface area (Å²) >= 11 is 5.88. The van der Waals surface area contributed by atoms with Gasteiger partial charge >= 0.3 is 0 Å². The third-order valence-corrected chi connectivity index (χ3v) is 5.12. The van der Waals surface area contributed by atoms with Crippen molar-refractivity contribution in [3.8, 4) is 0 Å². The Morgan fingerprint density at radius 1 is 1.52 bits per heavy atom. The Kier molecular flexibility index (Phi) is 4.82. The van der Waals surface area contributed by atoms with Gasteiger partial charge in [-0.15, -0.1) is 0 Å².